The van der Waals surface area contributed by atoms with Crippen molar-refractivity contribution in [3.8, 4) is 0 Å². The molecule has 2 aromatic rings. The molecular formula is C29H37N2O3SSi+. The van der Waals surface area contributed by atoms with E-state index in [-0.39, 0.29) is 4.90 Å². The lowest BCUT2D eigenvalue weighted by atomic mass is 9.89. The van der Waals surface area contributed by atoms with E-state index in [9.17, 15) is 13.0 Å². The summed E-state index contributed by atoms with van der Waals surface area (Å²) in [6.07, 6.45) is 6.61. The van der Waals surface area contributed by atoms with Crippen LogP contribution in [0, 0.1) is 0 Å². The molecule has 0 radical (unpaired) electrons. The van der Waals surface area contributed by atoms with Crippen molar-refractivity contribution in [1.29, 1.82) is 0 Å². The van der Waals surface area contributed by atoms with Gasteiger partial charge in [-0.1, -0.05) is 37.4 Å². The van der Waals surface area contributed by atoms with Gasteiger partial charge in [-0.05, 0) is 79.1 Å². The van der Waals surface area contributed by atoms with E-state index in [1.165, 1.54) is 27.8 Å². The standard InChI is InChI=1S/C29H36N2O3SSi/c1-7-30(8-2)21-15-17-24-27(19-21)36(5,6)28-20-22(31(9-3)10-4)16-18-25(28)29(24)23-13-11-12-14-26(23)35(32,33)34/h11-20H,7-10H2,1-6H3/p+1. The molecule has 1 heterocycles. The summed E-state index contributed by atoms with van der Waals surface area (Å²) in [6, 6.07) is 13.4. The molecule has 36 heavy (non-hydrogen) atoms. The smallest absolute Gasteiger partial charge is 0.295 e. The van der Waals surface area contributed by atoms with Gasteiger partial charge in [-0.2, -0.15) is 8.42 Å². The quantitative estimate of drug-likeness (QED) is 0.315. The first-order valence-corrected chi connectivity index (χ1v) is 17.3. The highest BCUT2D eigenvalue weighted by molar-refractivity contribution is 7.86. The van der Waals surface area contributed by atoms with Crippen LogP contribution < -0.4 is 10.1 Å². The molecule has 4 rings (SSSR count). The first-order valence-electron chi connectivity index (χ1n) is 12.8. The van der Waals surface area contributed by atoms with Crippen molar-refractivity contribution in [3.05, 3.63) is 82.6 Å². The summed E-state index contributed by atoms with van der Waals surface area (Å²) in [7, 11) is -6.56. The number of rotatable bonds is 7. The van der Waals surface area contributed by atoms with Gasteiger partial charge in [0.1, 0.15) is 26.1 Å². The van der Waals surface area contributed by atoms with Crippen LogP contribution in [0.25, 0.3) is 5.57 Å². The van der Waals surface area contributed by atoms with E-state index >= 15 is 0 Å². The van der Waals surface area contributed by atoms with E-state index in [1.54, 1.807) is 6.07 Å². The van der Waals surface area contributed by atoms with Crippen molar-refractivity contribution in [2.45, 2.75) is 45.7 Å². The predicted octanol–water partition coefficient (Wildman–Crippen LogP) is 5.04. The van der Waals surface area contributed by atoms with Gasteiger partial charge in [0.2, 0.25) is 0 Å². The maximum absolute atomic E-state index is 12.4. The summed E-state index contributed by atoms with van der Waals surface area (Å²) < 4.78 is 37.3. The molecule has 0 aromatic heterocycles. The molecule has 0 atom stereocenters. The molecular weight excluding hydrogens is 484 g/mol. The number of hydrogen-bond donors (Lipinski definition) is 1. The second-order valence-electron chi connectivity index (χ2n) is 9.78. The number of allylic oxidation sites excluding steroid dienone is 5. The maximum atomic E-state index is 12.4. The Morgan fingerprint density at radius 3 is 2.19 bits per heavy atom. The van der Waals surface area contributed by atoms with Crippen LogP contribution in [0.1, 0.15) is 38.8 Å². The number of hydrogen-bond acceptors (Lipinski definition) is 3. The zero-order chi connectivity index (χ0) is 26.3. The average molecular weight is 522 g/mol. The SMILES string of the molecule is CCN(CC)c1ccc2c(c1)[Si](C)(C)C1=CC(=[N+](CC)CC)C=CC1=C2c1ccccc1S(=O)(=O)O. The third-order valence-electron chi connectivity index (χ3n) is 7.58. The fourth-order valence-electron chi connectivity index (χ4n) is 5.58. The lowest BCUT2D eigenvalue weighted by Gasteiger charge is -2.38. The van der Waals surface area contributed by atoms with Gasteiger partial charge < -0.3 is 4.90 Å². The largest absolute Gasteiger partial charge is 0.372 e. The number of fused-ring (bicyclic) bond motifs is 2. The molecule has 0 unspecified atom stereocenters. The third-order valence-corrected chi connectivity index (χ3v) is 12.0. The lowest BCUT2D eigenvalue weighted by Crippen LogP contribution is -2.50. The van der Waals surface area contributed by atoms with Gasteiger partial charge in [0.15, 0.2) is 5.71 Å². The molecule has 190 valence electrons. The molecule has 2 aliphatic rings. The molecule has 1 aliphatic carbocycles. The molecule has 0 amide bonds. The summed E-state index contributed by atoms with van der Waals surface area (Å²) in [4.78, 5) is 2.29. The minimum atomic E-state index is -4.40. The van der Waals surface area contributed by atoms with Gasteiger partial charge in [-0.15, -0.1) is 0 Å². The Balaban J connectivity index is 2.12. The Bertz CT molecular complexity index is 1420. The topological polar surface area (TPSA) is 60.6 Å². The van der Waals surface area contributed by atoms with Crippen LogP contribution in [0.2, 0.25) is 13.1 Å². The van der Waals surface area contributed by atoms with E-state index in [0.29, 0.717) is 5.56 Å². The molecule has 0 spiro atoms. The molecule has 0 saturated carbocycles. The van der Waals surface area contributed by atoms with E-state index in [1.807, 2.05) is 12.1 Å². The van der Waals surface area contributed by atoms with Crippen LogP contribution in [-0.4, -0.2) is 57.5 Å². The van der Waals surface area contributed by atoms with Crippen molar-refractivity contribution >= 4 is 40.4 Å². The van der Waals surface area contributed by atoms with Crippen LogP contribution in [0.4, 0.5) is 5.69 Å². The molecule has 1 aliphatic heterocycles. The number of benzene rings is 2. The van der Waals surface area contributed by atoms with Crippen LogP contribution in [0.5, 0.6) is 0 Å². The fourth-order valence-corrected chi connectivity index (χ4v) is 9.35. The first-order chi connectivity index (χ1) is 17.1. The highest BCUT2D eigenvalue weighted by atomic mass is 32.2. The number of nitrogens with zero attached hydrogens (tertiary/aromatic N) is 2. The van der Waals surface area contributed by atoms with Crippen molar-refractivity contribution in [2.24, 2.45) is 0 Å². The third kappa shape index (κ3) is 4.44. The summed E-state index contributed by atoms with van der Waals surface area (Å²) >= 11 is 0. The normalized spacial score (nSPS) is 16.4. The van der Waals surface area contributed by atoms with Crippen molar-refractivity contribution in [3.63, 3.8) is 0 Å². The summed E-state index contributed by atoms with van der Waals surface area (Å²) in [5, 5.41) is 2.58. The molecule has 5 nitrogen and oxygen atoms in total. The minimum absolute atomic E-state index is 0.0566. The van der Waals surface area contributed by atoms with E-state index in [2.05, 4.69) is 86.7 Å². The highest BCUT2D eigenvalue weighted by Gasteiger charge is 2.41. The van der Waals surface area contributed by atoms with Crippen LogP contribution in [-0.2, 0) is 10.1 Å². The molecule has 0 saturated heterocycles. The van der Waals surface area contributed by atoms with Crippen LogP contribution >= 0.6 is 0 Å². The van der Waals surface area contributed by atoms with E-state index < -0.39 is 18.2 Å². The Morgan fingerprint density at radius 2 is 1.58 bits per heavy atom. The van der Waals surface area contributed by atoms with Crippen molar-refractivity contribution in [2.75, 3.05) is 31.1 Å². The number of anilines is 1. The Morgan fingerprint density at radius 1 is 0.917 bits per heavy atom. The summed E-state index contributed by atoms with van der Waals surface area (Å²) in [6.45, 7) is 17.1. The van der Waals surface area contributed by atoms with Crippen molar-refractivity contribution < 1.29 is 17.5 Å². The molecule has 7 heteroatoms. The molecule has 2 aromatic carbocycles. The molecule has 1 N–H and O–H groups in total. The monoisotopic (exact) mass is 521 g/mol. The van der Waals surface area contributed by atoms with Crippen molar-refractivity contribution in [1.82, 2.24) is 0 Å². The summed E-state index contributed by atoms with van der Waals surface area (Å²) in [5.74, 6) is 0. The molecule has 0 fully saturated rings. The van der Waals surface area contributed by atoms with E-state index in [0.717, 1.165) is 42.9 Å². The summed E-state index contributed by atoms with van der Waals surface area (Å²) in [5.41, 5.74) is 5.90. The minimum Gasteiger partial charge on any atom is -0.372 e. The van der Waals surface area contributed by atoms with Crippen LogP contribution in [0.15, 0.2) is 76.4 Å². The Hall–Kier alpha value is -2.74. The molecule has 0 bridgehead atoms. The van der Waals surface area contributed by atoms with Gasteiger partial charge >= 0.3 is 0 Å². The van der Waals surface area contributed by atoms with Gasteiger partial charge in [0, 0.05) is 36.5 Å². The fraction of sp³-hybridized carbons (Fsp3) is 0.345. The van der Waals surface area contributed by atoms with Crippen LogP contribution in [0.3, 0.4) is 0 Å². The van der Waals surface area contributed by atoms with E-state index in [4.69, 9.17) is 0 Å². The lowest BCUT2D eigenvalue weighted by molar-refractivity contribution is -0.519. The Kier molecular flexibility index (Phi) is 7.28. The maximum Gasteiger partial charge on any atom is 0.295 e. The van der Waals surface area contributed by atoms with Gasteiger partial charge in [-0.25, -0.2) is 4.58 Å². The van der Waals surface area contributed by atoms with Gasteiger partial charge in [0.05, 0.1) is 0 Å². The zero-order valence-electron chi connectivity index (χ0n) is 22.2. The zero-order valence-corrected chi connectivity index (χ0v) is 24.0. The second kappa shape index (κ2) is 9.96. The van der Waals surface area contributed by atoms with Gasteiger partial charge in [0.25, 0.3) is 10.1 Å². The average Bonchev–Trinajstić information content (AvgIpc) is 2.86. The predicted molar refractivity (Wildman–Crippen MR) is 153 cm³/mol. The first kappa shape index (κ1) is 26.3. The Labute approximate surface area is 216 Å². The highest BCUT2D eigenvalue weighted by Crippen LogP contribution is 2.43. The second-order valence-corrected chi connectivity index (χ2v) is 15.5. The van der Waals surface area contributed by atoms with Gasteiger partial charge in [-0.3, -0.25) is 4.55 Å².